The number of nitrogens with zero attached hydrogens (tertiary/aromatic N) is 3. The quantitative estimate of drug-likeness (QED) is 0.191. The van der Waals surface area contributed by atoms with Crippen LogP contribution in [0, 0.1) is 23.7 Å². The van der Waals surface area contributed by atoms with Crippen molar-refractivity contribution in [1.29, 1.82) is 10.7 Å². The first-order chi connectivity index (χ1) is 18.2. The van der Waals surface area contributed by atoms with E-state index in [0.717, 1.165) is 38.0 Å². The SMILES string of the molecule is CCN1CCC(Oc2c(C)cc(C(=N)c3cc(O[C@H](N)c4c(Cl)cncc4Cl)ccc3N)cc2C#N)CC1. The van der Waals surface area contributed by atoms with Crippen molar-refractivity contribution in [2.24, 2.45) is 5.73 Å². The topological polar surface area (TPSA) is 134 Å². The summed E-state index contributed by atoms with van der Waals surface area (Å²) in [6.07, 6.45) is 3.80. The number of nitrogens with two attached hydrogens (primary N) is 2. The fourth-order valence-corrected chi connectivity index (χ4v) is 5.13. The Hall–Kier alpha value is -3.35. The predicted molar refractivity (Wildman–Crippen MR) is 150 cm³/mol. The van der Waals surface area contributed by atoms with E-state index in [2.05, 4.69) is 22.9 Å². The molecule has 5 N–H and O–H groups in total. The lowest BCUT2D eigenvalue weighted by Gasteiger charge is -2.31. The summed E-state index contributed by atoms with van der Waals surface area (Å²) in [6.45, 7) is 7.02. The Bertz CT molecular complexity index is 1360. The number of pyridine rings is 1. The molecule has 8 nitrogen and oxygen atoms in total. The van der Waals surface area contributed by atoms with Crippen LogP contribution in [0.25, 0.3) is 0 Å². The second-order valence-corrected chi connectivity index (χ2v) is 10.0. The van der Waals surface area contributed by atoms with Crippen LogP contribution >= 0.6 is 23.2 Å². The van der Waals surface area contributed by atoms with Gasteiger partial charge in [0.05, 0.1) is 21.3 Å². The van der Waals surface area contributed by atoms with E-state index in [0.29, 0.717) is 39.4 Å². The third-order valence-corrected chi connectivity index (χ3v) is 7.28. The number of hydrogen-bond donors (Lipinski definition) is 3. The zero-order valence-corrected chi connectivity index (χ0v) is 22.8. The zero-order chi connectivity index (χ0) is 27.4. The Morgan fingerprint density at radius 2 is 1.89 bits per heavy atom. The van der Waals surface area contributed by atoms with Crippen LogP contribution in [-0.2, 0) is 0 Å². The van der Waals surface area contributed by atoms with Crippen LogP contribution in [0.15, 0.2) is 42.7 Å². The van der Waals surface area contributed by atoms with Gasteiger partial charge in [0, 0.05) is 47.9 Å². The number of nitrogens with one attached hydrogen (secondary N) is 1. The van der Waals surface area contributed by atoms with Crippen LogP contribution in [-0.4, -0.2) is 41.3 Å². The molecule has 0 radical (unpaired) electrons. The Morgan fingerprint density at radius 1 is 1.21 bits per heavy atom. The molecule has 0 bridgehead atoms. The molecule has 1 fully saturated rings. The molecule has 0 unspecified atom stereocenters. The third-order valence-electron chi connectivity index (χ3n) is 6.68. The maximum atomic E-state index is 9.89. The number of aromatic nitrogens is 1. The number of rotatable bonds is 8. The minimum Gasteiger partial charge on any atom is -0.489 e. The Labute approximate surface area is 232 Å². The zero-order valence-electron chi connectivity index (χ0n) is 21.3. The van der Waals surface area contributed by atoms with Gasteiger partial charge >= 0.3 is 0 Å². The molecule has 0 aliphatic carbocycles. The maximum Gasteiger partial charge on any atom is 0.177 e. The number of halogens is 2. The van der Waals surface area contributed by atoms with Gasteiger partial charge < -0.3 is 20.1 Å². The maximum absolute atomic E-state index is 9.89. The minimum atomic E-state index is -0.961. The van der Waals surface area contributed by atoms with Crippen molar-refractivity contribution >= 4 is 34.6 Å². The third kappa shape index (κ3) is 6.03. The van der Waals surface area contributed by atoms with Crippen LogP contribution in [0.5, 0.6) is 11.5 Å². The summed E-state index contributed by atoms with van der Waals surface area (Å²) in [5.41, 5.74) is 15.5. The molecule has 3 aromatic rings. The fraction of sp³-hybridized carbons (Fsp3) is 0.321. The second kappa shape index (κ2) is 12.0. The largest absolute Gasteiger partial charge is 0.489 e. The highest BCUT2D eigenvalue weighted by molar-refractivity contribution is 6.35. The average Bonchev–Trinajstić information content (AvgIpc) is 2.90. The van der Waals surface area contributed by atoms with Gasteiger partial charge in [-0.25, -0.2) is 0 Å². The Morgan fingerprint density at radius 3 is 2.53 bits per heavy atom. The first-order valence-electron chi connectivity index (χ1n) is 12.4. The van der Waals surface area contributed by atoms with E-state index in [9.17, 15) is 5.26 Å². The number of nitriles is 1. The number of nitrogen functional groups attached to an aromatic ring is 1. The van der Waals surface area contributed by atoms with Crippen molar-refractivity contribution in [3.8, 4) is 17.6 Å². The van der Waals surface area contributed by atoms with Gasteiger partial charge in [-0.1, -0.05) is 30.1 Å². The Balaban J connectivity index is 1.57. The molecule has 1 aliphatic rings. The van der Waals surface area contributed by atoms with Gasteiger partial charge in [-0.05, 0) is 62.2 Å². The molecule has 1 aromatic heterocycles. The van der Waals surface area contributed by atoms with E-state index in [1.54, 1.807) is 24.3 Å². The smallest absolute Gasteiger partial charge is 0.177 e. The molecule has 0 spiro atoms. The van der Waals surface area contributed by atoms with Crippen molar-refractivity contribution in [3.63, 3.8) is 0 Å². The van der Waals surface area contributed by atoms with Crippen molar-refractivity contribution < 1.29 is 9.47 Å². The van der Waals surface area contributed by atoms with Crippen molar-refractivity contribution in [2.75, 3.05) is 25.4 Å². The van der Waals surface area contributed by atoms with Gasteiger partial charge in [0.2, 0.25) is 0 Å². The van der Waals surface area contributed by atoms with Gasteiger partial charge in [-0.15, -0.1) is 0 Å². The van der Waals surface area contributed by atoms with Crippen molar-refractivity contribution in [1.82, 2.24) is 9.88 Å². The lowest BCUT2D eigenvalue weighted by molar-refractivity contribution is 0.103. The molecule has 0 amide bonds. The lowest BCUT2D eigenvalue weighted by atomic mass is 9.96. The number of ether oxygens (including phenoxy) is 2. The minimum absolute atomic E-state index is 0.0602. The molecule has 1 aliphatic heterocycles. The summed E-state index contributed by atoms with van der Waals surface area (Å²) in [5.74, 6) is 0.951. The van der Waals surface area contributed by atoms with Gasteiger partial charge in [0.1, 0.15) is 23.7 Å². The monoisotopic (exact) mass is 552 g/mol. The number of aryl methyl sites for hydroxylation is 1. The van der Waals surface area contributed by atoms with Gasteiger partial charge in [0.25, 0.3) is 0 Å². The van der Waals surface area contributed by atoms with Crippen LogP contribution in [0.1, 0.15) is 53.8 Å². The molecule has 38 heavy (non-hydrogen) atoms. The molecule has 2 aromatic carbocycles. The van der Waals surface area contributed by atoms with E-state index >= 15 is 0 Å². The molecule has 10 heteroatoms. The summed E-state index contributed by atoms with van der Waals surface area (Å²) >= 11 is 12.4. The van der Waals surface area contributed by atoms with E-state index in [1.807, 2.05) is 13.0 Å². The summed E-state index contributed by atoms with van der Waals surface area (Å²) in [5, 5.41) is 19.3. The van der Waals surface area contributed by atoms with E-state index in [4.69, 9.17) is 49.6 Å². The predicted octanol–water partition coefficient (Wildman–Crippen LogP) is 5.47. The first kappa shape index (κ1) is 27.7. The second-order valence-electron chi connectivity index (χ2n) is 9.21. The summed E-state index contributed by atoms with van der Waals surface area (Å²) in [4.78, 5) is 6.32. The summed E-state index contributed by atoms with van der Waals surface area (Å²) in [6, 6.07) is 10.7. The molecular weight excluding hydrogens is 523 g/mol. The van der Waals surface area contributed by atoms with Gasteiger partial charge in [-0.2, -0.15) is 5.26 Å². The number of likely N-dealkylation sites (tertiary alicyclic amines) is 1. The number of anilines is 1. The molecular formula is C28H30Cl2N6O2. The lowest BCUT2D eigenvalue weighted by Crippen LogP contribution is -2.38. The standard InChI is InChI=1S/C28H30Cl2N6O2/c1-3-36-8-6-19(7-9-36)37-27-16(2)10-17(11-18(27)13-31)26(33)21-12-20(4-5-24(21)32)38-28(34)25-22(29)14-35-15-23(25)30/h4-5,10-12,14-15,19,28,33H,3,6-9,32,34H2,1-2H3/t28-/m0/s1. The summed E-state index contributed by atoms with van der Waals surface area (Å²) in [7, 11) is 0. The van der Waals surface area contributed by atoms with Crippen molar-refractivity contribution in [3.05, 3.63) is 80.6 Å². The molecule has 198 valence electrons. The van der Waals surface area contributed by atoms with E-state index < -0.39 is 6.23 Å². The first-order valence-corrected chi connectivity index (χ1v) is 13.1. The highest BCUT2D eigenvalue weighted by atomic mass is 35.5. The summed E-state index contributed by atoms with van der Waals surface area (Å²) < 4.78 is 12.2. The molecule has 0 saturated carbocycles. The van der Waals surface area contributed by atoms with Crippen LogP contribution in [0.4, 0.5) is 5.69 Å². The number of hydrogen-bond acceptors (Lipinski definition) is 8. The average molecular weight is 553 g/mol. The van der Waals surface area contributed by atoms with Gasteiger partial charge in [-0.3, -0.25) is 16.1 Å². The van der Waals surface area contributed by atoms with Crippen molar-refractivity contribution in [2.45, 2.75) is 39.0 Å². The van der Waals surface area contributed by atoms with Crippen LogP contribution < -0.4 is 20.9 Å². The van der Waals surface area contributed by atoms with E-state index in [-0.39, 0.29) is 21.9 Å². The molecule has 1 saturated heterocycles. The van der Waals surface area contributed by atoms with Gasteiger partial charge in [0.15, 0.2) is 6.23 Å². The number of piperidine rings is 1. The fourth-order valence-electron chi connectivity index (χ4n) is 4.55. The highest BCUT2D eigenvalue weighted by Crippen LogP contribution is 2.33. The Kier molecular flexibility index (Phi) is 8.75. The van der Waals surface area contributed by atoms with Crippen LogP contribution in [0.2, 0.25) is 10.0 Å². The molecule has 2 heterocycles. The van der Waals surface area contributed by atoms with Crippen LogP contribution in [0.3, 0.4) is 0 Å². The normalized spacial score (nSPS) is 15.1. The molecule has 4 rings (SSSR count). The highest BCUT2D eigenvalue weighted by Gasteiger charge is 2.23. The van der Waals surface area contributed by atoms with E-state index in [1.165, 1.54) is 12.4 Å². The molecule has 1 atom stereocenters. The number of benzene rings is 2.